The summed E-state index contributed by atoms with van der Waals surface area (Å²) in [5.74, 6) is -0.636. The number of morpholine rings is 1. The van der Waals surface area contributed by atoms with Gasteiger partial charge in [-0.2, -0.15) is 11.3 Å². The van der Waals surface area contributed by atoms with Crippen molar-refractivity contribution in [3.63, 3.8) is 0 Å². The van der Waals surface area contributed by atoms with E-state index in [0.29, 0.717) is 24.5 Å². The zero-order chi connectivity index (χ0) is 17.6. The number of carbonyl (C=O) groups excluding carboxylic acids is 2. The average Bonchev–Trinajstić information content (AvgIpc) is 3.15. The maximum atomic E-state index is 12.2. The second-order valence-electron chi connectivity index (χ2n) is 5.68. The lowest BCUT2D eigenvalue weighted by molar-refractivity contribution is -0.115. The van der Waals surface area contributed by atoms with Crippen LogP contribution in [0.1, 0.15) is 15.9 Å². The van der Waals surface area contributed by atoms with Gasteiger partial charge in [0.15, 0.2) is 0 Å². The van der Waals surface area contributed by atoms with Gasteiger partial charge in [0.25, 0.3) is 0 Å². The van der Waals surface area contributed by atoms with Crippen molar-refractivity contribution in [3.05, 3.63) is 46.2 Å². The van der Waals surface area contributed by atoms with Gasteiger partial charge in [-0.05, 0) is 40.6 Å². The molecule has 1 aromatic carbocycles. The average molecular weight is 360 g/mol. The maximum Gasteiger partial charge on any atom is 0.340 e. The number of esters is 1. The van der Waals surface area contributed by atoms with Crippen molar-refractivity contribution >= 4 is 34.6 Å². The van der Waals surface area contributed by atoms with Crippen molar-refractivity contribution in [1.29, 1.82) is 0 Å². The van der Waals surface area contributed by atoms with Crippen molar-refractivity contribution < 1.29 is 19.1 Å². The highest BCUT2D eigenvalue weighted by Gasteiger charge is 2.18. The molecule has 132 valence electrons. The first-order valence-corrected chi connectivity index (χ1v) is 8.97. The molecule has 0 aliphatic carbocycles. The molecule has 0 saturated carbocycles. The number of rotatable bonds is 5. The molecule has 1 fully saturated rings. The van der Waals surface area contributed by atoms with Crippen molar-refractivity contribution in [2.45, 2.75) is 6.42 Å². The molecule has 0 atom stereocenters. The predicted molar refractivity (Wildman–Crippen MR) is 97.5 cm³/mol. The fourth-order valence-electron chi connectivity index (χ4n) is 2.71. The van der Waals surface area contributed by atoms with E-state index in [4.69, 9.17) is 9.47 Å². The molecule has 1 amide bonds. The highest BCUT2D eigenvalue weighted by atomic mass is 32.1. The SMILES string of the molecule is COC(=O)c1cc(N2CCOCC2)ccc1NC(=O)Cc1ccsc1. The van der Waals surface area contributed by atoms with E-state index in [1.807, 2.05) is 22.9 Å². The molecule has 2 aromatic rings. The maximum absolute atomic E-state index is 12.2. The summed E-state index contributed by atoms with van der Waals surface area (Å²) >= 11 is 1.55. The van der Waals surface area contributed by atoms with Crippen LogP contribution < -0.4 is 10.2 Å². The number of hydrogen-bond donors (Lipinski definition) is 1. The fraction of sp³-hybridized carbons (Fsp3) is 0.333. The third-order valence-electron chi connectivity index (χ3n) is 4.00. The number of nitrogens with zero attached hydrogens (tertiary/aromatic N) is 1. The molecule has 25 heavy (non-hydrogen) atoms. The summed E-state index contributed by atoms with van der Waals surface area (Å²) in [6.45, 7) is 2.86. The number of anilines is 2. The van der Waals surface area contributed by atoms with E-state index in [9.17, 15) is 9.59 Å². The van der Waals surface area contributed by atoms with Gasteiger partial charge in [-0.15, -0.1) is 0 Å². The standard InChI is InChI=1S/C18H20N2O4S/c1-23-18(22)15-11-14(20-5-7-24-8-6-20)2-3-16(15)19-17(21)10-13-4-9-25-12-13/h2-4,9,11-12H,5-8,10H2,1H3,(H,19,21). The van der Waals surface area contributed by atoms with Gasteiger partial charge in [0.1, 0.15) is 0 Å². The molecule has 1 saturated heterocycles. The van der Waals surface area contributed by atoms with Crippen LogP contribution in [0, 0.1) is 0 Å². The minimum absolute atomic E-state index is 0.164. The molecule has 6 nitrogen and oxygen atoms in total. The van der Waals surface area contributed by atoms with Crippen molar-refractivity contribution in [1.82, 2.24) is 0 Å². The van der Waals surface area contributed by atoms with E-state index in [1.54, 1.807) is 23.5 Å². The molecule has 0 bridgehead atoms. The van der Waals surface area contributed by atoms with Crippen LogP contribution in [0.25, 0.3) is 0 Å². The monoisotopic (exact) mass is 360 g/mol. The van der Waals surface area contributed by atoms with Gasteiger partial charge in [-0.3, -0.25) is 4.79 Å². The Morgan fingerprint density at radius 3 is 2.76 bits per heavy atom. The molecule has 1 aliphatic rings. The Hall–Kier alpha value is -2.38. The third-order valence-corrected chi connectivity index (χ3v) is 4.74. The zero-order valence-corrected chi connectivity index (χ0v) is 14.8. The van der Waals surface area contributed by atoms with Crippen molar-refractivity contribution in [2.75, 3.05) is 43.6 Å². The molecule has 1 aromatic heterocycles. The Kier molecular flexibility index (Phi) is 5.67. The minimum Gasteiger partial charge on any atom is -0.465 e. The molecule has 0 radical (unpaired) electrons. The lowest BCUT2D eigenvalue weighted by atomic mass is 10.1. The normalized spacial score (nSPS) is 14.2. The summed E-state index contributed by atoms with van der Waals surface area (Å²) in [4.78, 5) is 26.5. The van der Waals surface area contributed by atoms with Gasteiger partial charge < -0.3 is 19.7 Å². The van der Waals surface area contributed by atoms with E-state index in [0.717, 1.165) is 24.3 Å². The lowest BCUT2D eigenvalue weighted by Crippen LogP contribution is -2.36. The van der Waals surface area contributed by atoms with Crippen LogP contribution in [0.2, 0.25) is 0 Å². The number of carbonyl (C=O) groups is 2. The summed E-state index contributed by atoms with van der Waals surface area (Å²) < 4.78 is 10.2. The molecule has 2 heterocycles. The van der Waals surface area contributed by atoms with E-state index in [1.165, 1.54) is 7.11 Å². The Morgan fingerprint density at radius 2 is 2.08 bits per heavy atom. The Balaban J connectivity index is 1.79. The summed E-state index contributed by atoms with van der Waals surface area (Å²) in [6, 6.07) is 7.32. The van der Waals surface area contributed by atoms with E-state index in [2.05, 4.69) is 10.2 Å². The third kappa shape index (κ3) is 4.37. The van der Waals surface area contributed by atoms with Gasteiger partial charge in [0.2, 0.25) is 5.91 Å². The minimum atomic E-state index is -0.471. The molecular formula is C18H20N2O4S. The van der Waals surface area contributed by atoms with E-state index in [-0.39, 0.29) is 12.3 Å². The molecular weight excluding hydrogens is 340 g/mol. The van der Waals surface area contributed by atoms with Crippen LogP contribution in [-0.4, -0.2) is 45.3 Å². The van der Waals surface area contributed by atoms with Crippen LogP contribution in [0.4, 0.5) is 11.4 Å². The molecule has 1 aliphatic heterocycles. The van der Waals surface area contributed by atoms with Gasteiger partial charge in [0.05, 0.1) is 38.0 Å². The van der Waals surface area contributed by atoms with Gasteiger partial charge in [-0.25, -0.2) is 4.79 Å². The first-order chi connectivity index (χ1) is 12.2. The highest BCUT2D eigenvalue weighted by molar-refractivity contribution is 7.08. The number of amides is 1. The number of benzene rings is 1. The van der Waals surface area contributed by atoms with Crippen LogP contribution >= 0.6 is 11.3 Å². The predicted octanol–water partition coefficient (Wildman–Crippen LogP) is 2.55. The molecule has 0 spiro atoms. The van der Waals surface area contributed by atoms with Crippen LogP contribution in [0.5, 0.6) is 0 Å². The van der Waals surface area contributed by atoms with Crippen molar-refractivity contribution in [2.24, 2.45) is 0 Å². The summed E-state index contributed by atoms with van der Waals surface area (Å²) in [5.41, 5.74) is 2.68. The van der Waals surface area contributed by atoms with Crippen molar-refractivity contribution in [3.8, 4) is 0 Å². The molecule has 3 rings (SSSR count). The lowest BCUT2D eigenvalue weighted by Gasteiger charge is -2.29. The largest absolute Gasteiger partial charge is 0.465 e. The molecule has 1 N–H and O–H groups in total. The summed E-state index contributed by atoms with van der Waals surface area (Å²) in [7, 11) is 1.33. The van der Waals surface area contributed by atoms with Crippen LogP contribution in [0.15, 0.2) is 35.0 Å². The number of ether oxygens (including phenoxy) is 2. The smallest absolute Gasteiger partial charge is 0.340 e. The highest BCUT2D eigenvalue weighted by Crippen LogP contribution is 2.25. The zero-order valence-electron chi connectivity index (χ0n) is 14.0. The number of methoxy groups -OCH3 is 1. The molecule has 0 unspecified atom stereocenters. The van der Waals surface area contributed by atoms with E-state index < -0.39 is 5.97 Å². The van der Waals surface area contributed by atoms with E-state index >= 15 is 0 Å². The first-order valence-electron chi connectivity index (χ1n) is 8.03. The number of thiophene rings is 1. The summed E-state index contributed by atoms with van der Waals surface area (Å²) in [6.07, 6.45) is 0.273. The topological polar surface area (TPSA) is 67.9 Å². The quantitative estimate of drug-likeness (QED) is 0.830. The Bertz CT molecular complexity index is 740. The van der Waals surface area contributed by atoms with Gasteiger partial charge in [-0.1, -0.05) is 0 Å². The second-order valence-corrected chi connectivity index (χ2v) is 6.46. The van der Waals surface area contributed by atoms with Crippen LogP contribution in [0.3, 0.4) is 0 Å². The second kappa shape index (κ2) is 8.13. The fourth-order valence-corrected chi connectivity index (χ4v) is 3.38. The van der Waals surface area contributed by atoms with Gasteiger partial charge >= 0.3 is 5.97 Å². The Labute approximate surface area is 150 Å². The number of hydrogen-bond acceptors (Lipinski definition) is 6. The number of nitrogens with one attached hydrogen (secondary N) is 1. The molecule has 7 heteroatoms. The van der Waals surface area contributed by atoms with Crippen LogP contribution in [-0.2, 0) is 20.7 Å². The van der Waals surface area contributed by atoms with Gasteiger partial charge in [0, 0.05) is 18.8 Å². The Morgan fingerprint density at radius 1 is 1.28 bits per heavy atom. The first kappa shape index (κ1) is 17.4. The summed E-state index contributed by atoms with van der Waals surface area (Å²) in [5, 5.41) is 6.68.